The summed E-state index contributed by atoms with van der Waals surface area (Å²) in [7, 11) is 0. The van der Waals surface area contributed by atoms with Crippen LogP contribution in [0.2, 0.25) is 0 Å². The maximum atomic E-state index is 13.1. The molecule has 1 saturated heterocycles. The SMILES string of the molecule is Cc1ccccc1[C@H](NC(=O)c1ccc(CN2CCC[C@H](C)C2)cc1)c1ccccc1. The largest absolute Gasteiger partial charge is 0.341 e. The number of amides is 1. The van der Waals surface area contributed by atoms with Crippen molar-refractivity contribution in [3.8, 4) is 0 Å². The van der Waals surface area contributed by atoms with Gasteiger partial charge in [-0.25, -0.2) is 0 Å². The van der Waals surface area contributed by atoms with E-state index in [4.69, 9.17) is 0 Å². The lowest BCUT2D eigenvalue weighted by Gasteiger charge is -2.30. The quantitative estimate of drug-likeness (QED) is 0.559. The molecule has 0 radical (unpaired) electrons. The Hall–Kier alpha value is -2.91. The maximum absolute atomic E-state index is 13.1. The maximum Gasteiger partial charge on any atom is 0.252 e. The second-order valence-electron chi connectivity index (χ2n) is 8.85. The Labute approximate surface area is 186 Å². The van der Waals surface area contributed by atoms with E-state index in [-0.39, 0.29) is 11.9 Å². The minimum absolute atomic E-state index is 0.0461. The Kier molecular flexibility index (Phi) is 6.83. The topological polar surface area (TPSA) is 32.3 Å². The summed E-state index contributed by atoms with van der Waals surface area (Å²) in [5.74, 6) is 0.727. The average Bonchev–Trinajstić information content (AvgIpc) is 2.79. The van der Waals surface area contributed by atoms with E-state index in [1.54, 1.807) is 0 Å². The van der Waals surface area contributed by atoms with Crippen molar-refractivity contribution in [1.29, 1.82) is 0 Å². The summed E-state index contributed by atoms with van der Waals surface area (Å²) >= 11 is 0. The monoisotopic (exact) mass is 412 g/mol. The van der Waals surface area contributed by atoms with Crippen molar-refractivity contribution in [2.75, 3.05) is 13.1 Å². The number of hydrogen-bond acceptors (Lipinski definition) is 2. The molecule has 1 amide bonds. The molecule has 3 heteroatoms. The number of nitrogens with one attached hydrogen (secondary N) is 1. The second kappa shape index (κ2) is 9.93. The molecule has 1 N–H and O–H groups in total. The smallest absolute Gasteiger partial charge is 0.252 e. The molecule has 0 bridgehead atoms. The van der Waals surface area contributed by atoms with E-state index in [9.17, 15) is 4.79 Å². The highest BCUT2D eigenvalue weighted by Crippen LogP contribution is 2.25. The van der Waals surface area contributed by atoms with Crippen LogP contribution in [-0.2, 0) is 6.54 Å². The van der Waals surface area contributed by atoms with Crippen LogP contribution in [0.25, 0.3) is 0 Å². The van der Waals surface area contributed by atoms with Crippen LogP contribution in [-0.4, -0.2) is 23.9 Å². The average molecular weight is 413 g/mol. The van der Waals surface area contributed by atoms with Crippen LogP contribution in [0.1, 0.15) is 58.4 Å². The van der Waals surface area contributed by atoms with Crippen molar-refractivity contribution in [2.45, 2.75) is 39.3 Å². The number of likely N-dealkylation sites (tertiary alicyclic amines) is 1. The molecule has 0 spiro atoms. The molecule has 0 saturated carbocycles. The van der Waals surface area contributed by atoms with Crippen LogP contribution in [0.5, 0.6) is 0 Å². The minimum Gasteiger partial charge on any atom is -0.341 e. The predicted molar refractivity (Wildman–Crippen MR) is 127 cm³/mol. The van der Waals surface area contributed by atoms with Gasteiger partial charge in [-0.1, -0.05) is 73.7 Å². The first-order chi connectivity index (χ1) is 15.1. The first-order valence-corrected chi connectivity index (χ1v) is 11.3. The van der Waals surface area contributed by atoms with E-state index in [1.807, 2.05) is 42.5 Å². The molecular formula is C28H32N2O. The summed E-state index contributed by atoms with van der Waals surface area (Å²) in [4.78, 5) is 15.7. The van der Waals surface area contributed by atoms with E-state index in [2.05, 4.69) is 60.5 Å². The number of rotatable bonds is 6. The van der Waals surface area contributed by atoms with Gasteiger partial charge in [0.05, 0.1) is 6.04 Å². The summed E-state index contributed by atoms with van der Waals surface area (Å²) in [6, 6.07) is 26.3. The highest BCUT2D eigenvalue weighted by Gasteiger charge is 2.20. The minimum atomic E-state index is -0.176. The molecule has 0 aliphatic carbocycles. The van der Waals surface area contributed by atoms with E-state index in [0.717, 1.165) is 30.1 Å². The van der Waals surface area contributed by atoms with Crippen molar-refractivity contribution in [2.24, 2.45) is 5.92 Å². The van der Waals surface area contributed by atoms with Gasteiger partial charge in [0.25, 0.3) is 5.91 Å². The number of carbonyl (C=O) groups is 1. The summed E-state index contributed by atoms with van der Waals surface area (Å²) in [5, 5.41) is 3.26. The van der Waals surface area contributed by atoms with Crippen LogP contribution in [0.4, 0.5) is 0 Å². The number of aryl methyl sites for hydroxylation is 1. The lowest BCUT2D eigenvalue weighted by atomic mass is 9.94. The molecule has 31 heavy (non-hydrogen) atoms. The Bertz CT molecular complexity index is 997. The van der Waals surface area contributed by atoms with E-state index in [1.165, 1.54) is 30.5 Å². The number of benzene rings is 3. The van der Waals surface area contributed by atoms with Gasteiger partial charge in [-0.3, -0.25) is 9.69 Å². The molecule has 4 rings (SSSR count). The standard InChI is InChI=1S/C28H32N2O/c1-21-9-8-18-30(19-21)20-23-14-16-25(17-15-23)28(31)29-27(24-11-4-3-5-12-24)26-13-7-6-10-22(26)2/h3-7,10-17,21,27H,8-9,18-20H2,1-2H3,(H,29,31)/t21-,27+/m0/s1. The molecule has 0 aromatic heterocycles. The van der Waals surface area contributed by atoms with Crippen LogP contribution in [0.15, 0.2) is 78.9 Å². The first kappa shape index (κ1) is 21.3. The van der Waals surface area contributed by atoms with Gasteiger partial charge in [-0.2, -0.15) is 0 Å². The third-order valence-electron chi connectivity index (χ3n) is 6.27. The third kappa shape index (κ3) is 5.42. The number of hydrogen-bond donors (Lipinski definition) is 1. The van der Waals surface area contributed by atoms with Crippen molar-refractivity contribution in [3.63, 3.8) is 0 Å². The van der Waals surface area contributed by atoms with Gasteiger partial charge in [0.15, 0.2) is 0 Å². The summed E-state index contributed by atoms with van der Waals surface area (Å²) < 4.78 is 0. The van der Waals surface area contributed by atoms with Crippen LogP contribution < -0.4 is 5.32 Å². The zero-order valence-corrected chi connectivity index (χ0v) is 18.6. The van der Waals surface area contributed by atoms with Crippen molar-refractivity contribution < 1.29 is 4.79 Å². The summed E-state index contributed by atoms with van der Waals surface area (Å²) in [6.45, 7) is 7.71. The van der Waals surface area contributed by atoms with Gasteiger partial charge in [0.1, 0.15) is 0 Å². The lowest BCUT2D eigenvalue weighted by molar-refractivity contribution is 0.0943. The zero-order chi connectivity index (χ0) is 21.6. The fourth-order valence-electron chi connectivity index (χ4n) is 4.56. The molecule has 1 heterocycles. The molecule has 3 nitrogen and oxygen atoms in total. The zero-order valence-electron chi connectivity index (χ0n) is 18.6. The third-order valence-corrected chi connectivity index (χ3v) is 6.27. The molecule has 3 aromatic carbocycles. The summed E-state index contributed by atoms with van der Waals surface area (Å²) in [6.07, 6.45) is 2.61. The van der Waals surface area contributed by atoms with Gasteiger partial charge in [-0.05, 0) is 66.6 Å². The number of nitrogens with zero attached hydrogens (tertiary/aromatic N) is 1. The molecule has 160 valence electrons. The van der Waals surface area contributed by atoms with Crippen molar-refractivity contribution in [1.82, 2.24) is 10.2 Å². The Morgan fingerprint density at radius 2 is 1.71 bits per heavy atom. The lowest BCUT2D eigenvalue weighted by Crippen LogP contribution is -2.33. The fourth-order valence-corrected chi connectivity index (χ4v) is 4.56. The fraction of sp³-hybridized carbons (Fsp3) is 0.321. The van der Waals surface area contributed by atoms with Crippen molar-refractivity contribution >= 4 is 5.91 Å². The molecule has 1 fully saturated rings. The second-order valence-corrected chi connectivity index (χ2v) is 8.85. The highest BCUT2D eigenvalue weighted by molar-refractivity contribution is 5.94. The number of carbonyl (C=O) groups excluding carboxylic acids is 1. The van der Waals surface area contributed by atoms with Gasteiger partial charge >= 0.3 is 0 Å². The Morgan fingerprint density at radius 3 is 2.42 bits per heavy atom. The molecule has 3 aromatic rings. The van der Waals surface area contributed by atoms with Crippen molar-refractivity contribution in [3.05, 3.63) is 107 Å². The van der Waals surface area contributed by atoms with Crippen LogP contribution in [0, 0.1) is 12.8 Å². The van der Waals surface area contributed by atoms with E-state index < -0.39 is 0 Å². The van der Waals surface area contributed by atoms with E-state index >= 15 is 0 Å². The van der Waals surface area contributed by atoms with Gasteiger partial charge < -0.3 is 5.32 Å². The summed E-state index contributed by atoms with van der Waals surface area (Å²) in [5.41, 5.74) is 5.34. The number of piperidine rings is 1. The van der Waals surface area contributed by atoms with Gasteiger partial charge in [0.2, 0.25) is 0 Å². The van der Waals surface area contributed by atoms with E-state index in [0.29, 0.717) is 5.56 Å². The molecular weight excluding hydrogens is 380 g/mol. The normalized spacial score (nSPS) is 17.8. The van der Waals surface area contributed by atoms with Crippen LogP contribution >= 0.6 is 0 Å². The highest BCUT2D eigenvalue weighted by atomic mass is 16.1. The first-order valence-electron chi connectivity index (χ1n) is 11.3. The van der Waals surface area contributed by atoms with Crippen LogP contribution in [0.3, 0.4) is 0 Å². The van der Waals surface area contributed by atoms with Gasteiger partial charge in [0, 0.05) is 18.7 Å². The molecule has 2 atom stereocenters. The predicted octanol–water partition coefficient (Wildman–Crippen LogP) is 5.75. The molecule has 1 aliphatic heterocycles. The molecule has 1 aliphatic rings. The Balaban J connectivity index is 1.49. The Morgan fingerprint density at radius 1 is 1.00 bits per heavy atom. The van der Waals surface area contributed by atoms with Gasteiger partial charge in [-0.15, -0.1) is 0 Å². The molecule has 0 unspecified atom stereocenters.